The third kappa shape index (κ3) is 5.74. The standard InChI is InChI=1S/C26H34ClN7O3S/c1-15(2)38(35,36)25-22(14-34(4)33-25)30-24-20(27)13-29-26(32-24)31-21-11-16(3)19(17-7-9-28-10-8-17)12-23(21)37-18-5-6-18/h11-15,17-18,28H,5-10H2,1-4H3,(H2,29,30,31,32). The maximum absolute atomic E-state index is 12.8. The quantitative estimate of drug-likeness (QED) is 0.337. The molecule has 0 radical (unpaired) electrons. The van der Waals surface area contributed by atoms with Crippen LogP contribution in [0.1, 0.15) is 56.6 Å². The van der Waals surface area contributed by atoms with Crippen molar-refractivity contribution in [2.24, 2.45) is 7.05 Å². The molecule has 10 nitrogen and oxygen atoms in total. The Morgan fingerprint density at radius 2 is 1.87 bits per heavy atom. The Morgan fingerprint density at radius 1 is 1.13 bits per heavy atom. The molecule has 1 aliphatic heterocycles. The maximum atomic E-state index is 12.8. The second-order valence-electron chi connectivity index (χ2n) is 10.3. The number of halogens is 1. The summed E-state index contributed by atoms with van der Waals surface area (Å²) in [6, 6.07) is 4.26. The monoisotopic (exact) mass is 559 g/mol. The minimum absolute atomic E-state index is 0.0524. The molecule has 0 unspecified atom stereocenters. The average molecular weight is 560 g/mol. The molecule has 3 aromatic rings. The van der Waals surface area contributed by atoms with Crippen LogP contribution in [0.2, 0.25) is 5.02 Å². The number of nitrogens with zero attached hydrogens (tertiary/aromatic N) is 4. The molecule has 3 N–H and O–H groups in total. The number of hydrogen-bond acceptors (Lipinski definition) is 9. The van der Waals surface area contributed by atoms with Crippen molar-refractivity contribution < 1.29 is 13.2 Å². The zero-order valence-corrected chi connectivity index (χ0v) is 23.7. The van der Waals surface area contributed by atoms with Crippen LogP contribution >= 0.6 is 11.6 Å². The summed E-state index contributed by atoms with van der Waals surface area (Å²) < 4.78 is 33.4. The van der Waals surface area contributed by atoms with Crippen LogP contribution in [-0.4, -0.2) is 52.6 Å². The van der Waals surface area contributed by atoms with Crippen LogP contribution in [0.3, 0.4) is 0 Å². The fraction of sp³-hybridized carbons (Fsp3) is 0.500. The first-order valence-corrected chi connectivity index (χ1v) is 14.9. The second-order valence-corrected chi connectivity index (χ2v) is 13.1. The molecule has 5 rings (SSSR count). The van der Waals surface area contributed by atoms with E-state index in [1.165, 1.54) is 22.0 Å². The molecule has 1 aromatic carbocycles. The smallest absolute Gasteiger partial charge is 0.229 e. The molecular formula is C26H34ClN7O3S. The van der Waals surface area contributed by atoms with Crippen LogP contribution in [0, 0.1) is 6.92 Å². The first-order chi connectivity index (χ1) is 18.1. The molecule has 2 aromatic heterocycles. The molecule has 0 amide bonds. The third-order valence-electron chi connectivity index (χ3n) is 6.89. The average Bonchev–Trinajstić information content (AvgIpc) is 3.62. The Bertz CT molecular complexity index is 1430. The number of aryl methyl sites for hydroxylation is 2. The van der Waals surface area contributed by atoms with Crippen LogP contribution < -0.4 is 20.7 Å². The van der Waals surface area contributed by atoms with Gasteiger partial charge in [-0.1, -0.05) is 11.6 Å². The fourth-order valence-corrected chi connectivity index (χ4v) is 5.83. The number of aromatic nitrogens is 4. The topological polar surface area (TPSA) is 123 Å². The number of hydrogen-bond donors (Lipinski definition) is 3. The lowest BCUT2D eigenvalue weighted by atomic mass is 9.87. The number of nitrogens with one attached hydrogen (secondary N) is 3. The van der Waals surface area contributed by atoms with E-state index in [-0.39, 0.29) is 22.0 Å². The second kappa shape index (κ2) is 10.7. The van der Waals surface area contributed by atoms with Crippen molar-refractivity contribution in [2.45, 2.75) is 68.8 Å². The Labute approximate surface area is 228 Å². The largest absolute Gasteiger partial charge is 0.488 e. The Kier molecular flexibility index (Phi) is 7.52. The van der Waals surface area contributed by atoms with Gasteiger partial charge < -0.3 is 20.7 Å². The minimum atomic E-state index is -3.62. The van der Waals surface area contributed by atoms with E-state index in [0.717, 1.165) is 50.2 Å². The lowest BCUT2D eigenvalue weighted by Gasteiger charge is -2.26. The van der Waals surface area contributed by atoms with Crippen LogP contribution in [0.5, 0.6) is 5.75 Å². The maximum Gasteiger partial charge on any atom is 0.229 e. The number of anilines is 4. The number of sulfone groups is 1. The molecule has 38 heavy (non-hydrogen) atoms. The summed E-state index contributed by atoms with van der Waals surface area (Å²) in [6.07, 6.45) is 7.61. The van der Waals surface area contributed by atoms with Gasteiger partial charge >= 0.3 is 0 Å². The van der Waals surface area contributed by atoms with Gasteiger partial charge in [-0.05, 0) is 88.7 Å². The van der Waals surface area contributed by atoms with Crippen molar-refractivity contribution in [2.75, 3.05) is 23.7 Å². The highest BCUT2D eigenvalue weighted by Crippen LogP contribution is 2.39. The van der Waals surface area contributed by atoms with E-state index in [1.54, 1.807) is 27.1 Å². The van der Waals surface area contributed by atoms with Crippen LogP contribution in [0.15, 0.2) is 29.6 Å². The van der Waals surface area contributed by atoms with E-state index in [4.69, 9.17) is 16.3 Å². The van der Waals surface area contributed by atoms with Gasteiger partial charge in [0, 0.05) is 13.2 Å². The normalized spacial score (nSPS) is 16.6. The van der Waals surface area contributed by atoms with Gasteiger partial charge in [0.25, 0.3) is 0 Å². The van der Waals surface area contributed by atoms with Crippen LogP contribution in [-0.2, 0) is 16.9 Å². The lowest BCUT2D eigenvalue weighted by molar-refractivity contribution is 0.304. The highest BCUT2D eigenvalue weighted by Gasteiger charge is 2.28. The van der Waals surface area contributed by atoms with Gasteiger partial charge in [0.2, 0.25) is 20.8 Å². The molecular weight excluding hydrogens is 526 g/mol. The van der Waals surface area contributed by atoms with Gasteiger partial charge in [-0.15, -0.1) is 0 Å². The van der Waals surface area contributed by atoms with Gasteiger partial charge in [0.05, 0.1) is 28.9 Å². The van der Waals surface area contributed by atoms with Crippen molar-refractivity contribution in [3.63, 3.8) is 0 Å². The molecule has 204 valence electrons. The molecule has 2 fully saturated rings. The summed E-state index contributed by atoms with van der Waals surface area (Å²) in [4.78, 5) is 8.92. The van der Waals surface area contributed by atoms with E-state index in [0.29, 0.717) is 17.6 Å². The predicted octanol–water partition coefficient (Wildman–Crippen LogP) is 4.85. The Balaban J connectivity index is 1.44. The van der Waals surface area contributed by atoms with E-state index in [1.807, 2.05) is 0 Å². The van der Waals surface area contributed by atoms with Gasteiger partial charge in [-0.25, -0.2) is 13.4 Å². The highest BCUT2D eigenvalue weighted by molar-refractivity contribution is 7.92. The summed E-state index contributed by atoms with van der Waals surface area (Å²) in [6.45, 7) is 7.40. The van der Waals surface area contributed by atoms with E-state index >= 15 is 0 Å². The van der Waals surface area contributed by atoms with E-state index < -0.39 is 15.1 Å². The molecule has 0 spiro atoms. The molecule has 0 bridgehead atoms. The van der Waals surface area contributed by atoms with Crippen molar-refractivity contribution in [1.82, 2.24) is 25.1 Å². The fourth-order valence-electron chi connectivity index (χ4n) is 4.59. The molecule has 1 saturated heterocycles. The van der Waals surface area contributed by atoms with Crippen LogP contribution in [0.4, 0.5) is 23.1 Å². The number of ether oxygens (including phenoxy) is 1. The first kappa shape index (κ1) is 26.7. The summed E-state index contributed by atoms with van der Waals surface area (Å²) >= 11 is 6.40. The zero-order chi connectivity index (χ0) is 27.0. The highest BCUT2D eigenvalue weighted by atomic mass is 35.5. The van der Waals surface area contributed by atoms with Crippen molar-refractivity contribution >= 4 is 44.6 Å². The first-order valence-electron chi connectivity index (χ1n) is 13.0. The summed E-state index contributed by atoms with van der Waals surface area (Å²) in [7, 11) is -1.96. The SMILES string of the molecule is Cc1cc(Nc2ncc(Cl)c(Nc3cn(C)nc3S(=O)(=O)C(C)C)n2)c(OC2CC2)cc1C1CCNCC1. The van der Waals surface area contributed by atoms with Crippen LogP contribution in [0.25, 0.3) is 0 Å². The van der Waals surface area contributed by atoms with Crippen molar-refractivity contribution in [3.05, 3.63) is 40.7 Å². The molecule has 1 saturated carbocycles. The van der Waals surface area contributed by atoms with E-state index in [9.17, 15) is 8.42 Å². The molecule has 2 aliphatic rings. The molecule has 1 aliphatic carbocycles. The Morgan fingerprint density at radius 3 is 2.55 bits per heavy atom. The summed E-state index contributed by atoms with van der Waals surface area (Å²) in [5, 5.41) is 13.5. The Hall–Kier alpha value is -2.89. The third-order valence-corrected chi connectivity index (χ3v) is 9.25. The number of benzene rings is 1. The predicted molar refractivity (Wildman–Crippen MR) is 149 cm³/mol. The molecule has 0 atom stereocenters. The van der Waals surface area contributed by atoms with Gasteiger partial charge in [-0.3, -0.25) is 4.68 Å². The zero-order valence-electron chi connectivity index (χ0n) is 22.1. The van der Waals surface area contributed by atoms with Crippen molar-refractivity contribution in [1.29, 1.82) is 0 Å². The summed E-state index contributed by atoms with van der Waals surface area (Å²) in [5.41, 5.74) is 3.59. The van der Waals surface area contributed by atoms with Gasteiger partial charge in [0.15, 0.2) is 5.82 Å². The molecule has 3 heterocycles. The van der Waals surface area contributed by atoms with E-state index in [2.05, 4.69) is 50.1 Å². The lowest BCUT2D eigenvalue weighted by Crippen LogP contribution is -2.27. The van der Waals surface area contributed by atoms with Gasteiger partial charge in [0.1, 0.15) is 10.8 Å². The van der Waals surface area contributed by atoms with Gasteiger partial charge in [-0.2, -0.15) is 10.1 Å². The minimum Gasteiger partial charge on any atom is -0.488 e. The number of rotatable bonds is 9. The summed E-state index contributed by atoms with van der Waals surface area (Å²) in [5.74, 6) is 1.87. The van der Waals surface area contributed by atoms with Crippen molar-refractivity contribution in [3.8, 4) is 5.75 Å². The molecule has 12 heteroatoms. The number of piperidine rings is 1.